The molecule has 0 radical (unpaired) electrons. The van der Waals surface area contributed by atoms with Gasteiger partial charge < -0.3 is 5.11 Å². The summed E-state index contributed by atoms with van der Waals surface area (Å²) in [6.45, 7) is 1.21. The van der Waals surface area contributed by atoms with E-state index in [2.05, 4.69) is 0 Å². The molecule has 0 saturated carbocycles. The molecule has 3 rings (SSSR count). The molecule has 0 bridgehead atoms. The van der Waals surface area contributed by atoms with Gasteiger partial charge in [0.25, 0.3) is 0 Å². The van der Waals surface area contributed by atoms with Crippen LogP contribution in [0, 0.1) is 0 Å². The highest BCUT2D eigenvalue weighted by Gasteiger charge is 2.27. The monoisotopic (exact) mass is 303 g/mol. The van der Waals surface area contributed by atoms with Gasteiger partial charge in [-0.1, -0.05) is 24.3 Å². The van der Waals surface area contributed by atoms with Crippen LogP contribution in [0.15, 0.2) is 53.4 Å². The second-order valence-electron chi connectivity index (χ2n) is 5.19. The fourth-order valence-corrected chi connectivity index (χ4v) is 4.13. The third-order valence-electron chi connectivity index (χ3n) is 3.74. The fraction of sp³-hybridized carbons (Fsp3) is 0.250. The van der Waals surface area contributed by atoms with Crippen molar-refractivity contribution in [1.82, 2.24) is 4.31 Å². The van der Waals surface area contributed by atoms with Gasteiger partial charge >= 0.3 is 0 Å². The smallest absolute Gasteiger partial charge is 0.243 e. The first-order valence-electron chi connectivity index (χ1n) is 6.97. The summed E-state index contributed by atoms with van der Waals surface area (Å²) < 4.78 is 26.7. The molecule has 1 aliphatic heterocycles. The first-order valence-corrected chi connectivity index (χ1v) is 8.41. The Morgan fingerprint density at radius 1 is 0.905 bits per heavy atom. The average molecular weight is 303 g/mol. The molecule has 0 spiro atoms. The largest absolute Gasteiger partial charge is 0.508 e. The third-order valence-corrected chi connectivity index (χ3v) is 5.63. The first-order chi connectivity index (χ1) is 10.1. The van der Waals surface area contributed by atoms with Crippen molar-refractivity contribution in [3.05, 3.63) is 48.5 Å². The molecule has 0 aromatic heterocycles. The Morgan fingerprint density at radius 2 is 1.57 bits per heavy atom. The molecule has 0 atom stereocenters. The van der Waals surface area contributed by atoms with E-state index < -0.39 is 10.0 Å². The Labute approximate surface area is 124 Å². The number of aromatic hydroxyl groups is 1. The van der Waals surface area contributed by atoms with Crippen molar-refractivity contribution in [3.63, 3.8) is 0 Å². The molecule has 21 heavy (non-hydrogen) atoms. The summed E-state index contributed by atoms with van der Waals surface area (Å²) in [5, 5.41) is 9.33. The van der Waals surface area contributed by atoms with Crippen LogP contribution < -0.4 is 0 Å². The second-order valence-corrected chi connectivity index (χ2v) is 7.12. The summed E-state index contributed by atoms with van der Waals surface area (Å²) >= 11 is 0. The van der Waals surface area contributed by atoms with E-state index in [0.717, 1.165) is 24.0 Å². The lowest BCUT2D eigenvalue weighted by Gasteiger charge is -2.16. The number of nitrogens with zero attached hydrogens (tertiary/aromatic N) is 1. The predicted molar refractivity (Wildman–Crippen MR) is 81.5 cm³/mol. The van der Waals surface area contributed by atoms with Crippen molar-refractivity contribution in [2.75, 3.05) is 13.1 Å². The van der Waals surface area contributed by atoms with E-state index in [1.54, 1.807) is 46.8 Å². The zero-order valence-corrected chi connectivity index (χ0v) is 12.4. The lowest BCUT2D eigenvalue weighted by molar-refractivity contribution is 0.475. The average Bonchev–Trinajstić information content (AvgIpc) is 3.03. The van der Waals surface area contributed by atoms with Gasteiger partial charge in [-0.25, -0.2) is 8.42 Å². The standard InChI is InChI=1S/C16H17NO3S/c18-15-8-6-13(7-9-15)14-4-3-5-16(12-14)21(19,20)17-10-1-2-11-17/h3-9,12,18H,1-2,10-11H2. The molecular formula is C16H17NO3S. The highest BCUT2D eigenvalue weighted by atomic mass is 32.2. The molecule has 5 heteroatoms. The summed E-state index contributed by atoms with van der Waals surface area (Å²) in [6.07, 6.45) is 1.85. The topological polar surface area (TPSA) is 57.6 Å². The maximum atomic E-state index is 12.6. The quantitative estimate of drug-likeness (QED) is 0.948. The highest BCUT2D eigenvalue weighted by molar-refractivity contribution is 7.89. The third kappa shape index (κ3) is 2.80. The van der Waals surface area contributed by atoms with Crippen LogP contribution >= 0.6 is 0 Å². The molecule has 1 fully saturated rings. The predicted octanol–water partition coefficient (Wildman–Crippen LogP) is 2.84. The molecule has 2 aromatic carbocycles. The van der Waals surface area contributed by atoms with Crippen LogP contribution in [-0.4, -0.2) is 30.9 Å². The normalized spacial score (nSPS) is 16.2. The van der Waals surface area contributed by atoms with Crippen molar-refractivity contribution < 1.29 is 13.5 Å². The van der Waals surface area contributed by atoms with E-state index >= 15 is 0 Å². The number of hydrogen-bond acceptors (Lipinski definition) is 3. The minimum Gasteiger partial charge on any atom is -0.508 e. The van der Waals surface area contributed by atoms with Crippen LogP contribution in [0.4, 0.5) is 0 Å². The molecule has 110 valence electrons. The van der Waals surface area contributed by atoms with Gasteiger partial charge in [0, 0.05) is 13.1 Å². The maximum absolute atomic E-state index is 12.6. The number of phenolic OH excluding ortho intramolecular Hbond substituents is 1. The summed E-state index contributed by atoms with van der Waals surface area (Å²) in [5.74, 6) is 0.194. The summed E-state index contributed by atoms with van der Waals surface area (Å²) in [5.41, 5.74) is 1.71. The summed E-state index contributed by atoms with van der Waals surface area (Å²) in [6, 6.07) is 13.7. The Hall–Kier alpha value is -1.85. The number of rotatable bonds is 3. The Morgan fingerprint density at radius 3 is 2.24 bits per heavy atom. The van der Waals surface area contributed by atoms with Gasteiger partial charge in [0.15, 0.2) is 0 Å². The van der Waals surface area contributed by atoms with E-state index in [4.69, 9.17) is 0 Å². The number of sulfonamides is 1. The molecule has 0 unspecified atom stereocenters. The summed E-state index contributed by atoms with van der Waals surface area (Å²) in [7, 11) is -3.39. The highest BCUT2D eigenvalue weighted by Crippen LogP contribution is 2.27. The fourth-order valence-electron chi connectivity index (χ4n) is 2.57. The SMILES string of the molecule is O=S(=O)(c1cccc(-c2ccc(O)cc2)c1)N1CCCC1. The maximum Gasteiger partial charge on any atom is 0.243 e. The molecule has 0 amide bonds. The van der Waals surface area contributed by atoms with E-state index in [0.29, 0.717) is 18.0 Å². The van der Waals surface area contributed by atoms with Crippen LogP contribution in [0.1, 0.15) is 12.8 Å². The van der Waals surface area contributed by atoms with Crippen LogP contribution in [0.3, 0.4) is 0 Å². The Kier molecular flexibility index (Phi) is 3.69. The lowest BCUT2D eigenvalue weighted by Crippen LogP contribution is -2.27. The van der Waals surface area contributed by atoms with Gasteiger partial charge in [0.05, 0.1) is 4.90 Å². The zero-order chi connectivity index (χ0) is 14.9. The number of phenols is 1. The van der Waals surface area contributed by atoms with E-state index in [9.17, 15) is 13.5 Å². The molecule has 4 nitrogen and oxygen atoms in total. The van der Waals surface area contributed by atoms with Crippen molar-refractivity contribution in [2.24, 2.45) is 0 Å². The van der Waals surface area contributed by atoms with Gasteiger partial charge in [-0.3, -0.25) is 0 Å². The van der Waals surface area contributed by atoms with Crippen molar-refractivity contribution in [3.8, 4) is 16.9 Å². The molecule has 0 aliphatic carbocycles. The molecule has 1 heterocycles. The van der Waals surface area contributed by atoms with Crippen LogP contribution in [-0.2, 0) is 10.0 Å². The molecule has 1 saturated heterocycles. The van der Waals surface area contributed by atoms with Crippen molar-refractivity contribution >= 4 is 10.0 Å². The van der Waals surface area contributed by atoms with Gasteiger partial charge in [-0.2, -0.15) is 4.31 Å². The molecule has 2 aromatic rings. The molecular weight excluding hydrogens is 286 g/mol. The van der Waals surface area contributed by atoms with E-state index in [1.165, 1.54) is 0 Å². The lowest BCUT2D eigenvalue weighted by atomic mass is 10.1. The first kappa shape index (κ1) is 14.1. The van der Waals surface area contributed by atoms with Crippen LogP contribution in [0.25, 0.3) is 11.1 Å². The second kappa shape index (κ2) is 5.50. The molecule has 1 N–H and O–H groups in total. The number of benzene rings is 2. The van der Waals surface area contributed by atoms with Gasteiger partial charge in [0.2, 0.25) is 10.0 Å². The minimum absolute atomic E-state index is 0.194. The van der Waals surface area contributed by atoms with E-state index in [1.807, 2.05) is 6.07 Å². The van der Waals surface area contributed by atoms with Gasteiger partial charge in [0.1, 0.15) is 5.75 Å². The van der Waals surface area contributed by atoms with Gasteiger partial charge in [-0.15, -0.1) is 0 Å². The molecule has 1 aliphatic rings. The van der Waals surface area contributed by atoms with Crippen molar-refractivity contribution in [1.29, 1.82) is 0 Å². The summed E-state index contributed by atoms with van der Waals surface area (Å²) in [4.78, 5) is 0.329. The van der Waals surface area contributed by atoms with Crippen LogP contribution in [0.2, 0.25) is 0 Å². The number of hydrogen-bond donors (Lipinski definition) is 1. The van der Waals surface area contributed by atoms with Crippen molar-refractivity contribution in [2.45, 2.75) is 17.7 Å². The Balaban J connectivity index is 1.98. The Bertz CT molecular complexity index is 732. The minimum atomic E-state index is -3.39. The van der Waals surface area contributed by atoms with Crippen LogP contribution in [0.5, 0.6) is 5.75 Å². The van der Waals surface area contributed by atoms with E-state index in [-0.39, 0.29) is 5.75 Å². The van der Waals surface area contributed by atoms with Gasteiger partial charge in [-0.05, 0) is 48.2 Å². The zero-order valence-electron chi connectivity index (χ0n) is 11.6.